The van der Waals surface area contributed by atoms with Gasteiger partial charge in [-0.05, 0) is 18.6 Å². The molecule has 1 heterocycles. The van der Waals surface area contributed by atoms with Crippen LogP contribution in [0, 0.1) is 0 Å². The maximum atomic E-state index is 5.99. The summed E-state index contributed by atoms with van der Waals surface area (Å²) in [5, 5.41) is 0. The van der Waals surface area contributed by atoms with Gasteiger partial charge in [-0.15, -0.1) is 0 Å². The third-order valence-corrected chi connectivity index (χ3v) is 3.40. The Kier molecular flexibility index (Phi) is 4.80. The van der Waals surface area contributed by atoms with E-state index < -0.39 is 0 Å². The van der Waals surface area contributed by atoms with Gasteiger partial charge < -0.3 is 15.0 Å². The number of ether oxygens (including phenoxy) is 1. The van der Waals surface area contributed by atoms with E-state index in [4.69, 9.17) is 10.5 Å². The summed E-state index contributed by atoms with van der Waals surface area (Å²) in [6.07, 6.45) is 4.96. The number of nitrogen functional groups attached to an aromatic ring is 1. The van der Waals surface area contributed by atoms with Gasteiger partial charge >= 0.3 is 0 Å². The molecule has 104 valence electrons. The Balaban J connectivity index is 2.27. The SMILES string of the molecule is CCCCCCn1c(COC)nc2c(N)cccc21. The Morgan fingerprint density at radius 3 is 2.84 bits per heavy atom. The van der Waals surface area contributed by atoms with Crippen molar-refractivity contribution in [2.45, 2.75) is 45.8 Å². The van der Waals surface area contributed by atoms with E-state index in [1.807, 2.05) is 12.1 Å². The van der Waals surface area contributed by atoms with Gasteiger partial charge in [-0.3, -0.25) is 0 Å². The van der Waals surface area contributed by atoms with Crippen molar-refractivity contribution < 1.29 is 4.74 Å². The number of nitrogens with zero attached hydrogens (tertiary/aromatic N) is 2. The number of fused-ring (bicyclic) bond motifs is 1. The van der Waals surface area contributed by atoms with E-state index in [0.29, 0.717) is 6.61 Å². The van der Waals surface area contributed by atoms with Crippen molar-refractivity contribution in [1.29, 1.82) is 0 Å². The Labute approximate surface area is 114 Å². The number of hydrogen-bond donors (Lipinski definition) is 1. The van der Waals surface area contributed by atoms with Crippen molar-refractivity contribution in [3.05, 3.63) is 24.0 Å². The third kappa shape index (κ3) is 3.07. The van der Waals surface area contributed by atoms with Gasteiger partial charge in [0.1, 0.15) is 17.9 Å². The number of unbranched alkanes of at least 4 members (excludes halogenated alkanes) is 3. The van der Waals surface area contributed by atoms with Crippen LogP contribution in [0.1, 0.15) is 38.4 Å². The summed E-state index contributed by atoms with van der Waals surface area (Å²) < 4.78 is 7.48. The second kappa shape index (κ2) is 6.57. The standard InChI is InChI=1S/C15H23N3O/c1-3-4-5-6-10-18-13-9-7-8-12(16)15(13)17-14(18)11-19-2/h7-9H,3-6,10-11,16H2,1-2H3. The number of para-hydroxylation sites is 1. The number of benzene rings is 1. The predicted molar refractivity (Wildman–Crippen MR) is 79.0 cm³/mol. The molecule has 0 amide bonds. The molecule has 0 aliphatic carbocycles. The van der Waals surface area contributed by atoms with Crippen LogP contribution in [0.25, 0.3) is 11.0 Å². The minimum atomic E-state index is 0.530. The first-order valence-corrected chi connectivity index (χ1v) is 7.00. The molecule has 4 nitrogen and oxygen atoms in total. The van der Waals surface area contributed by atoms with E-state index in [1.165, 1.54) is 25.7 Å². The zero-order valence-electron chi connectivity index (χ0n) is 11.9. The van der Waals surface area contributed by atoms with Crippen molar-refractivity contribution in [1.82, 2.24) is 9.55 Å². The van der Waals surface area contributed by atoms with Crippen molar-refractivity contribution in [3.8, 4) is 0 Å². The smallest absolute Gasteiger partial charge is 0.136 e. The molecule has 0 unspecified atom stereocenters. The number of methoxy groups -OCH3 is 1. The monoisotopic (exact) mass is 261 g/mol. The molecule has 4 heteroatoms. The Bertz CT molecular complexity index is 533. The Morgan fingerprint density at radius 1 is 1.26 bits per heavy atom. The van der Waals surface area contributed by atoms with Crippen LogP contribution in [-0.4, -0.2) is 16.7 Å². The highest BCUT2D eigenvalue weighted by molar-refractivity contribution is 5.87. The summed E-state index contributed by atoms with van der Waals surface area (Å²) >= 11 is 0. The van der Waals surface area contributed by atoms with Crippen LogP contribution >= 0.6 is 0 Å². The van der Waals surface area contributed by atoms with Crippen LogP contribution in [-0.2, 0) is 17.9 Å². The zero-order valence-corrected chi connectivity index (χ0v) is 11.9. The van der Waals surface area contributed by atoms with Crippen LogP contribution in [0.5, 0.6) is 0 Å². The number of imidazole rings is 1. The highest BCUT2D eigenvalue weighted by atomic mass is 16.5. The van der Waals surface area contributed by atoms with E-state index >= 15 is 0 Å². The van der Waals surface area contributed by atoms with Gasteiger partial charge in [0.25, 0.3) is 0 Å². The molecule has 0 spiro atoms. The lowest BCUT2D eigenvalue weighted by Crippen LogP contribution is -2.05. The molecule has 0 fully saturated rings. The third-order valence-electron chi connectivity index (χ3n) is 3.40. The van der Waals surface area contributed by atoms with Crippen molar-refractivity contribution >= 4 is 16.7 Å². The van der Waals surface area contributed by atoms with Gasteiger partial charge in [-0.1, -0.05) is 32.3 Å². The van der Waals surface area contributed by atoms with Gasteiger partial charge in [-0.2, -0.15) is 0 Å². The summed E-state index contributed by atoms with van der Waals surface area (Å²) in [6, 6.07) is 5.96. The van der Waals surface area contributed by atoms with Gasteiger partial charge in [-0.25, -0.2) is 4.98 Å². The largest absolute Gasteiger partial charge is 0.397 e. The summed E-state index contributed by atoms with van der Waals surface area (Å²) in [7, 11) is 1.70. The molecule has 0 saturated heterocycles. The van der Waals surface area contributed by atoms with Crippen LogP contribution in [0.2, 0.25) is 0 Å². The number of hydrogen-bond acceptors (Lipinski definition) is 3. The van der Waals surface area contributed by atoms with Crippen LogP contribution < -0.4 is 5.73 Å². The first-order chi connectivity index (χ1) is 9.27. The minimum absolute atomic E-state index is 0.530. The lowest BCUT2D eigenvalue weighted by atomic mass is 10.2. The van der Waals surface area contributed by atoms with E-state index in [-0.39, 0.29) is 0 Å². The normalized spacial score (nSPS) is 11.3. The highest BCUT2D eigenvalue weighted by Gasteiger charge is 2.11. The molecule has 2 aromatic rings. The lowest BCUT2D eigenvalue weighted by molar-refractivity contribution is 0.174. The van der Waals surface area contributed by atoms with Gasteiger partial charge in [0.15, 0.2) is 0 Å². The fraction of sp³-hybridized carbons (Fsp3) is 0.533. The van der Waals surface area contributed by atoms with Crippen molar-refractivity contribution in [2.75, 3.05) is 12.8 Å². The van der Waals surface area contributed by atoms with Gasteiger partial charge in [0, 0.05) is 13.7 Å². The van der Waals surface area contributed by atoms with Crippen LogP contribution in [0.3, 0.4) is 0 Å². The summed E-state index contributed by atoms with van der Waals surface area (Å²) in [5.74, 6) is 0.965. The predicted octanol–water partition coefficient (Wildman–Crippen LogP) is 3.35. The number of aryl methyl sites for hydroxylation is 1. The molecule has 0 saturated carbocycles. The molecule has 0 atom stereocenters. The van der Waals surface area contributed by atoms with Crippen molar-refractivity contribution in [2.24, 2.45) is 0 Å². The average Bonchev–Trinajstić information content (AvgIpc) is 2.75. The summed E-state index contributed by atoms with van der Waals surface area (Å²) in [5.41, 5.74) is 8.74. The fourth-order valence-corrected chi connectivity index (χ4v) is 2.40. The second-order valence-corrected chi connectivity index (χ2v) is 4.89. The molecule has 1 aromatic heterocycles. The number of aromatic nitrogens is 2. The maximum absolute atomic E-state index is 5.99. The first kappa shape index (κ1) is 13.9. The molecule has 19 heavy (non-hydrogen) atoms. The number of anilines is 1. The minimum Gasteiger partial charge on any atom is -0.397 e. The number of nitrogens with two attached hydrogens (primary N) is 1. The molecule has 0 radical (unpaired) electrons. The highest BCUT2D eigenvalue weighted by Crippen LogP contribution is 2.23. The van der Waals surface area contributed by atoms with Gasteiger partial charge in [0.2, 0.25) is 0 Å². The summed E-state index contributed by atoms with van der Waals surface area (Å²) in [6.45, 7) is 3.74. The fourth-order valence-electron chi connectivity index (χ4n) is 2.40. The molecular formula is C15H23N3O. The van der Waals surface area contributed by atoms with E-state index in [0.717, 1.165) is 29.1 Å². The van der Waals surface area contributed by atoms with Crippen molar-refractivity contribution in [3.63, 3.8) is 0 Å². The van der Waals surface area contributed by atoms with Gasteiger partial charge in [0.05, 0.1) is 11.2 Å². The molecular weight excluding hydrogens is 238 g/mol. The molecule has 0 bridgehead atoms. The topological polar surface area (TPSA) is 53.1 Å². The first-order valence-electron chi connectivity index (χ1n) is 7.00. The maximum Gasteiger partial charge on any atom is 0.136 e. The summed E-state index contributed by atoms with van der Waals surface area (Å²) in [4.78, 5) is 4.61. The molecule has 2 N–H and O–H groups in total. The van der Waals surface area contributed by atoms with E-state index in [9.17, 15) is 0 Å². The zero-order chi connectivity index (χ0) is 13.7. The molecule has 0 aliphatic rings. The molecule has 1 aromatic carbocycles. The molecule has 2 rings (SSSR count). The van der Waals surface area contributed by atoms with E-state index in [1.54, 1.807) is 7.11 Å². The lowest BCUT2D eigenvalue weighted by Gasteiger charge is -2.08. The average molecular weight is 261 g/mol. The quantitative estimate of drug-likeness (QED) is 0.614. The second-order valence-electron chi connectivity index (χ2n) is 4.89. The van der Waals surface area contributed by atoms with Crippen LogP contribution in [0.15, 0.2) is 18.2 Å². The Morgan fingerprint density at radius 2 is 2.11 bits per heavy atom. The molecule has 0 aliphatic heterocycles. The van der Waals surface area contributed by atoms with Crippen LogP contribution in [0.4, 0.5) is 5.69 Å². The Hall–Kier alpha value is -1.55. The van der Waals surface area contributed by atoms with E-state index in [2.05, 4.69) is 22.5 Å². The number of rotatable bonds is 7.